The number of hydrogen-bond donors (Lipinski definition) is 10. The summed E-state index contributed by atoms with van der Waals surface area (Å²) in [4.78, 5) is 70.0. The molecule has 0 aromatic carbocycles. The van der Waals surface area contributed by atoms with Crippen LogP contribution in [0.3, 0.4) is 0 Å². The Morgan fingerprint density at radius 3 is 1.58 bits per heavy atom. The Kier molecular flexibility index (Phi) is 33.4. The van der Waals surface area contributed by atoms with Gasteiger partial charge in [0, 0.05) is 55.4 Å². The molecule has 0 bridgehead atoms. The van der Waals surface area contributed by atoms with Gasteiger partial charge in [0.05, 0.1) is 13.2 Å². The van der Waals surface area contributed by atoms with Crippen LogP contribution in [0.1, 0.15) is 129 Å². The Balaban J connectivity index is -0.000000172. The molecule has 1 rings (SSSR count). The fraction of sp³-hybridized carbons (Fsp3) is 0.700. The number of carbonyl (C=O) groups excluding carboxylic acids is 2. The minimum Gasteiger partial charge on any atom is -0.457 e. The van der Waals surface area contributed by atoms with Crippen LogP contribution in [0, 0.1) is 59.8 Å². The van der Waals surface area contributed by atoms with E-state index in [0.717, 1.165) is 32.1 Å². The van der Waals surface area contributed by atoms with Crippen molar-refractivity contribution in [2.75, 3.05) is 20.0 Å². The van der Waals surface area contributed by atoms with E-state index in [-0.39, 0.29) is 25.2 Å². The zero-order valence-corrected chi connectivity index (χ0v) is 38.6. The summed E-state index contributed by atoms with van der Waals surface area (Å²) >= 11 is 0. The molecule has 64 heavy (non-hydrogen) atoms. The molecule has 0 radical (unpaired) electrons. The lowest BCUT2D eigenvalue weighted by Gasteiger charge is -2.44. The van der Waals surface area contributed by atoms with Gasteiger partial charge in [-0.25, -0.2) is 13.7 Å². The molecule has 4 unspecified atom stereocenters. The molecule has 1 aliphatic rings. The molecule has 21 nitrogen and oxygen atoms in total. The first-order chi connectivity index (χ1) is 30.2. The topological polar surface area (TPSA) is 335 Å². The molecule has 0 saturated heterocycles. The lowest BCUT2D eigenvalue weighted by Crippen LogP contribution is -2.65. The van der Waals surface area contributed by atoms with Crippen molar-refractivity contribution in [1.29, 1.82) is 0 Å². The van der Waals surface area contributed by atoms with E-state index in [2.05, 4.69) is 74.7 Å². The standard InChI is InChI=1S/C26H53O19P3.C14H9NO.9H2/c1-2-3-4-5-6-7-8-9-10-11-12-13-14-15-20(28)42-19(16-40-18-27)17-41-48(38,39)45-24-21(29)22(30)25(43-46(32,33)34)26(23(24)31)44-47(35,36)37;1-3-5-6-7-8-9-10-11-13-15-14(16)12-4-2;;;;;;;;;/h19,21-27,29-31H,2-18H2,1H3,(H,38,39)(H2,32,33,34)(H2,35,36,37);1H,4,12H2,2H3,(H,15,16);9*1H/t19-,21?,22+,23-,24?,25+,26?;;;;;;;;;;/m1........../s1. The van der Waals surface area contributed by atoms with Crippen molar-refractivity contribution >= 4 is 35.3 Å². The van der Waals surface area contributed by atoms with E-state index < -0.39 is 92.2 Å². The number of carbonyl (C=O) groups is 2. The molecule has 24 heteroatoms. The molecule has 10 N–H and O–H groups in total. The third kappa shape index (κ3) is 31.7. The highest BCUT2D eigenvalue weighted by molar-refractivity contribution is 7.47. The van der Waals surface area contributed by atoms with Gasteiger partial charge in [-0.3, -0.25) is 33.0 Å². The molecule has 0 aliphatic heterocycles. The van der Waals surface area contributed by atoms with Gasteiger partial charge in [0.25, 0.3) is 0 Å². The molecule has 1 amide bonds. The normalized spacial score (nSPS) is 20.5. The Hall–Kier alpha value is -3.13. The molecule has 0 aromatic heterocycles. The Bertz CT molecular complexity index is 1860. The van der Waals surface area contributed by atoms with E-state index in [0.29, 0.717) is 12.8 Å². The quantitative estimate of drug-likeness (QED) is 0.0122. The predicted molar refractivity (Wildman–Crippen MR) is 248 cm³/mol. The number of terminal acetylenes is 1. The predicted octanol–water partition coefficient (Wildman–Crippen LogP) is 4.62. The lowest BCUT2D eigenvalue weighted by atomic mass is 9.85. The number of unbranched alkanes of at least 4 members (excludes halogenated alkanes) is 12. The summed E-state index contributed by atoms with van der Waals surface area (Å²) in [5.74, 6) is 18.2. The lowest BCUT2D eigenvalue weighted by molar-refractivity contribution is -0.213. The molecule has 0 spiro atoms. The van der Waals surface area contributed by atoms with Crippen LogP contribution in [0.15, 0.2) is 0 Å². The van der Waals surface area contributed by atoms with E-state index in [4.69, 9.17) is 49.6 Å². The Morgan fingerprint density at radius 2 is 1.09 bits per heavy atom. The molecular formula is C40H80NO20P3. The van der Waals surface area contributed by atoms with E-state index in [9.17, 15) is 43.5 Å². The van der Waals surface area contributed by atoms with Crippen LogP contribution in [0.2, 0.25) is 0 Å². The number of phosphoric acid groups is 3. The van der Waals surface area contributed by atoms with Crippen molar-refractivity contribution in [3.05, 3.63) is 0 Å². The van der Waals surface area contributed by atoms with Gasteiger partial charge >= 0.3 is 29.4 Å². The minimum absolute atomic E-state index is 0. The molecule has 380 valence electrons. The van der Waals surface area contributed by atoms with Crippen LogP contribution >= 0.6 is 23.5 Å². The molecule has 8 atom stereocenters. The molecule has 1 aliphatic carbocycles. The number of phosphoric ester groups is 3. The summed E-state index contributed by atoms with van der Waals surface area (Å²) in [7, 11) is -16.4. The number of esters is 1. The molecule has 1 saturated carbocycles. The van der Waals surface area contributed by atoms with Crippen molar-refractivity contribution in [3.63, 3.8) is 0 Å². The van der Waals surface area contributed by atoms with Gasteiger partial charge in [-0.05, 0) is 36.5 Å². The molecule has 0 heterocycles. The fourth-order valence-electron chi connectivity index (χ4n) is 5.66. The summed E-state index contributed by atoms with van der Waals surface area (Å²) in [5, 5.41) is 42.6. The summed E-state index contributed by atoms with van der Waals surface area (Å²) in [6.07, 6.45) is 4.44. The fourth-order valence-corrected chi connectivity index (χ4v) is 7.76. The van der Waals surface area contributed by atoms with Gasteiger partial charge in [0.2, 0.25) is 5.91 Å². The molecule has 0 aromatic rings. The highest BCUT2D eigenvalue weighted by Gasteiger charge is 2.56. The minimum atomic E-state index is -5.56. The largest absolute Gasteiger partial charge is 0.472 e. The van der Waals surface area contributed by atoms with Crippen molar-refractivity contribution in [1.82, 2.24) is 5.32 Å². The van der Waals surface area contributed by atoms with Crippen LogP contribution in [0.5, 0.6) is 0 Å². The maximum absolute atomic E-state index is 12.7. The van der Waals surface area contributed by atoms with Crippen LogP contribution < -0.4 is 5.32 Å². The number of aliphatic hydroxyl groups is 4. The van der Waals surface area contributed by atoms with Crippen LogP contribution in [-0.2, 0) is 50.9 Å². The summed E-state index contributed by atoms with van der Waals surface area (Å²) in [6.45, 7) is 1.97. The van der Waals surface area contributed by atoms with Crippen molar-refractivity contribution < 1.29 is 109 Å². The van der Waals surface area contributed by atoms with E-state index >= 15 is 0 Å². The van der Waals surface area contributed by atoms with Gasteiger partial charge in [-0.15, -0.1) is 6.42 Å². The van der Waals surface area contributed by atoms with Gasteiger partial charge < -0.3 is 54.4 Å². The van der Waals surface area contributed by atoms with E-state index in [1.807, 2.05) is 6.92 Å². The van der Waals surface area contributed by atoms with Gasteiger partial charge in [-0.1, -0.05) is 90.9 Å². The second-order valence-corrected chi connectivity index (χ2v) is 17.8. The Morgan fingerprint density at radius 1 is 0.625 bits per heavy atom. The first-order valence-electron chi connectivity index (χ1n) is 20.5. The number of hydrogen-bond acceptors (Lipinski definition) is 15. The third-order valence-electron chi connectivity index (χ3n) is 8.58. The van der Waals surface area contributed by atoms with Crippen LogP contribution in [0.25, 0.3) is 0 Å². The van der Waals surface area contributed by atoms with Crippen molar-refractivity contribution in [3.8, 4) is 59.8 Å². The van der Waals surface area contributed by atoms with Gasteiger partial charge in [0.1, 0.15) is 49.5 Å². The molecular weight excluding hydrogens is 907 g/mol. The summed E-state index contributed by atoms with van der Waals surface area (Å²) < 4.78 is 63.4. The number of amides is 1. The maximum Gasteiger partial charge on any atom is 0.472 e. The average molecular weight is 988 g/mol. The number of nitrogens with one attached hydrogen (secondary N) is 1. The highest BCUT2D eigenvalue weighted by Crippen LogP contribution is 2.51. The average Bonchev–Trinajstić information content (AvgIpc) is 3.21. The van der Waals surface area contributed by atoms with Crippen LogP contribution in [0.4, 0.5) is 0 Å². The maximum atomic E-state index is 12.7. The smallest absolute Gasteiger partial charge is 0.457 e. The van der Waals surface area contributed by atoms with Crippen molar-refractivity contribution in [2.45, 2.75) is 159 Å². The monoisotopic (exact) mass is 987 g/mol. The first kappa shape index (κ1) is 60.9. The third-order valence-corrected chi connectivity index (χ3v) is 10.6. The number of ether oxygens (including phenoxy) is 2. The zero-order chi connectivity index (χ0) is 48.4. The zero-order valence-electron chi connectivity index (χ0n) is 35.9. The van der Waals surface area contributed by atoms with E-state index in [1.54, 1.807) is 0 Å². The Labute approximate surface area is 388 Å². The van der Waals surface area contributed by atoms with Gasteiger partial charge in [0.15, 0.2) is 0 Å². The summed E-state index contributed by atoms with van der Waals surface area (Å²) in [5.41, 5.74) is 0. The first-order valence-corrected chi connectivity index (χ1v) is 25.1. The van der Waals surface area contributed by atoms with Crippen molar-refractivity contribution in [2.24, 2.45) is 0 Å². The SMILES string of the molecule is C#CC#CC#CC#CC#CNC(=O)CCC.CCCCCCCCCCCCCCCC(=O)O[C@H](COCO)COP(=O)(O)OC1C(O)[C@H](O)[C@H](OP(=O)(O)O)C(OP(=O)(O)O)[C@@H]1O.[HH].[HH].[HH].[HH].[HH].[HH].[HH].[HH].[HH]. The number of aliphatic hydroxyl groups excluding tert-OH is 4. The van der Waals surface area contributed by atoms with Gasteiger partial charge in [-0.2, -0.15) is 0 Å². The second-order valence-electron chi connectivity index (χ2n) is 14.0. The molecule has 1 fully saturated rings. The number of rotatable bonds is 29. The van der Waals surface area contributed by atoms with E-state index in [1.165, 1.54) is 51.4 Å². The second kappa shape index (κ2) is 35.1. The summed E-state index contributed by atoms with van der Waals surface area (Å²) in [6, 6.07) is 2.41. The highest BCUT2D eigenvalue weighted by atomic mass is 31.2. The van der Waals surface area contributed by atoms with Crippen LogP contribution in [-0.4, -0.2) is 120 Å².